The Bertz CT molecular complexity index is 421. The monoisotopic (exact) mass is 281 g/mol. The van der Waals surface area contributed by atoms with E-state index in [0.29, 0.717) is 0 Å². The first-order valence-electron chi connectivity index (χ1n) is 3.76. The predicted molar refractivity (Wildman–Crippen MR) is 57.5 cm³/mol. The maximum atomic E-state index is 13.2. The number of nitrogens with zero attached hydrogens (tertiary/aromatic N) is 1. The van der Waals surface area contributed by atoms with Gasteiger partial charge in [-0.1, -0.05) is 28.1 Å². The van der Waals surface area contributed by atoms with E-state index in [1.165, 1.54) is 25.2 Å². The predicted octanol–water partition coefficient (Wildman–Crippen LogP) is 1.94. The summed E-state index contributed by atoms with van der Waals surface area (Å²) in [6.45, 7) is 0. The zero-order chi connectivity index (χ0) is 10.8. The van der Waals surface area contributed by atoms with Crippen LogP contribution in [-0.2, 0) is 10.0 Å². The van der Waals surface area contributed by atoms with Gasteiger partial charge >= 0.3 is 0 Å². The van der Waals surface area contributed by atoms with Gasteiger partial charge in [0.2, 0.25) is 10.0 Å². The fourth-order valence-electron chi connectivity index (χ4n) is 0.930. The number of alkyl halides is 1. The summed E-state index contributed by atoms with van der Waals surface area (Å²) < 4.78 is 36.6. The van der Waals surface area contributed by atoms with Crippen LogP contribution in [0.15, 0.2) is 24.3 Å². The minimum atomic E-state index is -3.46. The second kappa shape index (κ2) is 4.27. The van der Waals surface area contributed by atoms with Gasteiger partial charge in [0.25, 0.3) is 0 Å². The van der Waals surface area contributed by atoms with Gasteiger partial charge < -0.3 is 0 Å². The molecule has 0 saturated heterocycles. The highest BCUT2D eigenvalue weighted by atomic mass is 79.9. The molecule has 0 saturated carbocycles. The molecule has 0 aliphatic rings. The number of sulfonamides is 1. The SMILES string of the molecule is CN(c1ccccc1F)S(=O)(=O)CBr. The standard InChI is InChI=1S/C8H9BrFNO2S/c1-11(14(12,13)6-9)8-5-3-2-4-7(8)10/h2-5H,6H2,1H3. The molecule has 0 heterocycles. The van der Waals surface area contributed by atoms with Crippen LogP contribution < -0.4 is 4.31 Å². The van der Waals surface area contributed by atoms with E-state index in [9.17, 15) is 12.8 Å². The number of hydrogen-bond acceptors (Lipinski definition) is 2. The van der Waals surface area contributed by atoms with E-state index in [-0.39, 0.29) is 10.3 Å². The largest absolute Gasteiger partial charge is 0.270 e. The van der Waals surface area contributed by atoms with Crippen LogP contribution in [0.3, 0.4) is 0 Å². The molecule has 0 N–H and O–H groups in total. The third-order valence-electron chi connectivity index (χ3n) is 1.75. The average Bonchev–Trinajstić information content (AvgIpc) is 2.17. The first kappa shape index (κ1) is 11.5. The Morgan fingerprint density at radius 2 is 2.00 bits per heavy atom. The van der Waals surface area contributed by atoms with Crippen LogP contribution in [0, 0.1) is 5.82 Å². The molecule has 3 nitrogen and oxygen atoms in total. The lowest BCUT2D eigenvalue weighted by Gasteiger charge is -2.18. The second-order valence-corrected chi connectivity index (χ2v) is 5.94. The van der Waals surface area contributed by atoms with Crippen molar-refractivity contribution in [3.8, 4) is 0 Å². The van der Waals surface area contributed by atoms with E-state index in [1.54, 1.807) is 6.07 Å². The van der Waals surface area contributed by atoms with Crippen molar-refractivity contribution in [3.63, 3.8) is 0 Å². The molecule has 1 aromatic rings. The molecule has 0 bridgehead atoms. The third kappa shape index (κ3) is 2.24. The summed E-state index contributed by atoms with van der Waals surface area (Å²) in [5.74, 6) is -0.556. The maximum Gasteiger partial charge on any atom is 0.245 e. The first-order chi connectivity index (χ1) is 6.49. The molecule has 0 fully saturated rings. The molecule has 0 unspecified atom stereocenters. The molecule has 0 aliphatic carbocycles. The Morgan fingerprint density at radius 1 is 1.43 bits per heavy atom. The van der Waals surface area contributed by atoms with Crippen molar-refractivity contribution >= 4 is 31.6 Å². The average molecular weight is 282 g/mol. The molecule has 78 valence electrons. The zero-order valence-electron chi connectivity index (χ0n) is 7.44. The van der Waals surface area contributed by atoms with Gasteiger partial charge in [-0.25, -0.2) is 12.8 Å². The Balaban J connectivity index is 3.14. The summed E-state index contributed by atoms with van der Waals surface area (Å²) in [5, 5.41) is 0. The number of halogens is 2. The third-order valence-corrected chi connectivity index (χ3v) is 4.79. The lowest BCUT2D eigenvalue weighted by molar-refractivity contribution is 0.594. The van der Waals surface area contributed by atoms with Gasteiger partial charge in [0.1, 0.15) is 10.5 Å². The summed E-state index contributed by atoms with van der Waals surface area (Å²) in [4.78, 5) is 0. The molecule has 0 atom stereocenters. The topological polar surface area (TPSA) is 37.4 Å². The van der Waals surface area contributed by atoms with Gasteiger partial charge in [0, 0.05) is 7.05 Å². The van der Waals surface area contributed by atoms with Crippen molar-refractivity contribution < 1.29 is 12.8 Å². The summed E-state index contributed by atoms with van der Waals surface area (Å²) in [7, 11) is -2.15. The number of hydrogen-bond donors (Lipinski definition) is 0. The van der Waals surface area contributed by atoms with Crippen LogP contribution in [0.25, 0.3) is 0 Å². The molecular weight excluding hydrogens is 273 g/mol. The Hall–Kier alpha value is -0.620. The van der Waals surface area contributed by atoms with Crippen LogP contribution in [0.5, 0.6) is 0 Å². The van der Waals surface area contributed by atoms with Gasteiger partial charge in [0.05, 0.1) is 5.69 Å². The Labute approximate surface area is 90.7 Å². The molecule has 0 aliphatic heterocycles. The van der Waals surface area contributed by atoms with Gasteiger partial charge in [-0.3, -0.25) is 4.31 Å². The highest BCUT2D eigenvalue weighted by molar-refractivity contribution is 9.10. The van der Waals surface area contributed by atoms with E-state index in [2.05, 4.69) is 15.9 Å². The van der Waals surface area contributed by atoms with Crippen molar-refractivity contribution in [2.24, 2.45) is 0 Å². The van der Waals surface area contributed by atoms with Gasteiger partial charge in [-0.15, -0.1) is 0 Å². The molecule has 0 radical (unpaired) electrons. The Kier molecular flexibility index (Phi) is 3.49. The van der Waals surface area contributed by atoms with Gasteiger partial charge in [-0.05, 0) is 12.1 Å². The van der Waals surface area contributed by atoms with Crippen LogP contribution in [-0.4, -0.2) is 20.1 Å². The fraction of sp³-hybridized carbons (Fsp3) is 0.250. The van der Waals surface area contributed by atoms with E-state index in [0.717, 1.165) is 4.31 Å². The lowest BCUT2D eigenvalue weighted by atomic mass is 10.3. The van der Waals surface area contributed by atoms with Crippen LogP contribution in [0.4, 0.5) is 10.1 Å². The van der Waals surface area contributed by atoms with E-state index >= 15 is 0 Å². The Morgan fingerprint density at radius 3 is 2.50 bits per heavy atom. The van der Waals surface area contributed by atoms with Crippen molar-refractivity contribution in [2.45, 2.75) is 0 Å². The van der Waals surface area contributed by atoms with E-state index in [1.807, 2.05) is 0 Å². The molecule has 14 heavy (non-hydrogen) atoms. The van der Waals surface area contributed by atoms with E-state index < -0.39 is 15.8 Å². The minimum Gasteiger partial charge on any atom is -0.270 e. The minimum absolute atomic E-state index is 0.0481. The number of benzene rings is 1. The van der Waals surface area contributed by atoms with Gasteiger partial charge in [-0.2, -0.15) is 0 Å². The number of para-hydroxylation sites is 1. The molecule has 0 spiro atoms. The first-order valence-corrected chi connectivity index (χ1v) is 6.49. The highest BCUT2D eigenvalue weighted by Gasteiger charge is 2.18. The maximum absolute atomic E-state index is 13.2. The van der Waals surface area contributed by atoms with Crippen LogP contribution in [0.1, 0.15) is 0 Å². The van der Waals surface area contributed by atoms with Crippen molar-refractivity contribution in [1.29, 1.82) is 0 Å². The highest BCUT2D eigenvalue weighted by Crippen LogP contribution is 2.20. The zero-order valence-corrected chi connectivity index (χ0v) is 9.85. The van der Waals surface area contributed by atoms with Crippen LogP contribution in [0.2, 0.25) is 0 Å². The molecule has 1 aromatic carbocycles. The summed E-state index contributed by atoms with van der Waals surface area (Å²) in [5.41, 5.74) is 0.0481. The lowest BCUT2D eigenvalue weighted by Crippen LogP contribution is -2.27. The van der Waals surface area contributed by atoms with Crippen LogP contribution >= 0.6 is 15.9 Å². The van der Waals surface area contributed by atoms with Crippen molar-refractivity contribution in [1.82, 2.24) is 0 Å². The number of anilines is 1. The smallest absolute Gasteiger partial charge is 0.245 e. The van der Waals surface area contributed by atoms with Gasteiger partial charge in [0.15, 0.2) is 0 Å². The summed E-state index contributed by atoms with van der Waals surface area (Å²) in [6.07, 6.45) is 0. The molecule has 1 rings (SSSR count). The summed E-state index contributed by atoms with van der Waals surface area (Å²) in [6, 6.07) is 5.72. The quantitative estimate of drug-likeness (QED) is 0.795. The van der Waals surface area contributed by atoms with E-state index in [4.69, 9.17) is 0 Å². The normalized spacial score (nSPS) is 11.4. The second-order valence-electron chi connectivity index (χ2n) is 2.64. The van der Waals surface area contributed by atoms with Crippen molar-refractivity contribution in [2.75, 3.05) is 16.0 Å². The molecule has 6 heteroatoms. The molecule has 0 aromatic heterocycles. The number of rotatable bonds is 3. The fourth-order valence-corrected chi connectivity index (χ4v) is 2.45. The summed E-state index contributed by atoms with van der Waals surface area (Å²) >= 11 is 2.84. The molecular formula is C8H9BrFNO2S. The van der Waals surface area contributed by atoms with Crippen molar-refractivity contribution in [3.05, 3.63) is 30.1 Å². The molecule has 0 amide bonds.